The van der Waals surface area contributed by atoms with Crippen molar-refractivity contribution in [1.29, 1.82) is 0 Å². The van der Waals surface area contributed by atoms with Crippen LogP contribution in [0.1, 0.15) is 0 Å². The van der Waals surface area contributed by atoms with E-state index in [9.17, 15) is 4.79 Å². The van der Waals surface area contributed by atoms with Crippen molar-refractivity contribution in [2.75, 3.05) is 16.8 Å². The molecule has 0 bridgehead atoms. The SMILES string of the molecule is Nc1ccccc1-c1nc(SCC(=O)Nc2cccc(Cl)c2)n[nH]1. The average Bonchev–Trinajstić information content (AvgIpc) is 3.02. The zero-order valence-electron chi connectivity index (χ0n) is 12.5. The molecular weight excluding hydrogens is 346 g/mol. The Morgan fingerprint density at radius 1 is 1.25 bits per heavy atom. The molecule has 0 aliphatic rings. The second-order valence-corrected chi connectivity index (χ2v) is 6.28. The van der Waals surface area contributed by atoms with Crippen LogP contribution in [0.4, 0.5) is 11.4 Å². The molecule has 0 saturated heterocycles. The van der Waals surface area contributed by atoms with Crippen molar-refractivity contribution in [3.8, 4) is 11.4 Å². The number of H-pyrrole nitrogens is 1. The quantitative estimate of drug-likeness (QED) is 0.479. The maximum absolute atomic E-state index is 12.0. The fraction of sp³-hybridized carbons (Fsp3) is 0.0625. The standard InChI is InChI=1S/C16H14ClN5OS/c17-10-4-3-5-11(8-10)19-14(23)9-24-16-20-15(21-22-16)12-6-1-2-7-13(12)18/h1-8H,9,18H2,(H,19,23)(H,20,21,22). The molecular formula is C16H14ClN5OS. The fourth-order valence-corrected chi connectivity index (χ4v) is 2.83. The number of carbonyl (C=O) groups excluding carboxylic acids is 1. The number of hydrogen-bond acceptors (Lipinski definition) is 5. The first-order valence-corrected chi connectivity index (χ1v) is 8.43. The third kappa shape index (κ3) is 4.06. The number of carbonyl (C=O) groups is 1. The summed E-state index contributed by atoms with van der Waals surface area (Å²) in [5, 5.41) is 10.8. The summed E-state index contributed by atoms with van der Waals surface area (Å²) in [7, 11) is 0. The zero-order valence-corrected chi connectivity index (χ0v) is 14.1. The van der Waals surface area contributed by atoms with Gasteiger partial charge in [0.15, 0.2) is 5.82 Å². The summed E-state index contributed by atoms with van der Waals surface area (Å²) in [6.45, 7) is 0. The Kier molecular flexibility index (Phi) is 5.02. The topological polar surface area (TPSA) is 96.7 Å². The number of anilines is 2. The van der Waals surface area contributed by atoms with Gasteiger partial charge >= 0.3 is 0 Å². The Balaban J connectivity index is 1.59. The first-order valence-electron chi connectivity index (χ1n) is 7.07. The van der Waals surface area contributed by atoms with Gasteiger partial charge in [-0.3, -0.25) is 9.89 Å². The van der Waals surface area contributed by atoms with E-state index in [1.54, 1.807) is 30.3 Å². The third-order valence-corrected chi connectivity index (χ3v) is 4.20. The van der Waals surface area contributed by atoms with Gasteiger partial charge < -0.3 is 11.1 Å². The monoisotopic (exact) mass is 359 g/mol. The molecule has 0 spiro atoms. The minimum Gasteiger partial charge on any atom is -0.398 e. The van der Waals surface area contributed by atoms with Crippen LogP contribution in [0.25, 0.3) is 11.4 Å². The molecule has 0 saturated carbocycles. The van der Waals surface area contributed by atoms with Gasteiger partial charge in [-0.25, -0.2) is 4.98 Å². The van der Waals surface area contributed by atoms with E-state index in [0.29, 0.717) is 27.4 Å². The number of nitrogens with one attached hydrogen (secondary N) is 2. The van der Waals surface area contributed by atoms with E-state index in [4.69, 9.17) is 17.3 Å². The normalized spacial score (nSPS) is 10.5. The first-order chi connectivity index (χ1) is 11.6. The van der Waals surface area contributed by atoms with E-state index < -0.39 is 0 Å². The molecule has 0 fully saturated rings. The van der Waals surface area contributed by atoms with Gasteiger partial charge in [-0.2, -0.15) is 0 Å². The summed E-state index contributed by atoms with van der Waals surface area (Å²) in [4.78, 5) is 16.3. The molecule has 0 unspecified atom stereocenters. The largest absolute Gasteiger partial charge is 0.398 e. The van der Waals surface area contributed by atoms with Gasteiger partial charge in [0.05, 0.1) is 5.75 Å². The zero-order chi connectivity index (χ0) is 16.9. The highest BCUT2D eigenvalue weighted by Gasteiger charge is 2.10. The van der Waals surface area contributed by atoms with Crippen LogP contribution in [0.2, 0.25) is 5.02 Å². The molecule has 1 amide bonds. The van der Waals surface area contributed by atoms with Crippen LogP contribution < -0.4 is 11.1 Å². The number of rotatable bonds is 5. The lowest BCUT2D eigenvalue weighted by Gasteiger charge is -2.04. The summed E-state index contributed by atoms with van der Waals surface area (Å²) in [5.74, 6) is 0.604. The molecule has 1 aromatic heterocycles. The lowest BCUT2D eigenvalue weighted by atomic mass is 10.2. The number of para-hydroxylation sites is 1. The number of nitrogen functional groups attached to an aromatic ring is 1. The van der Waals surface area contributed by atoms with Crippen molar-refractivity contribution in [3.05, 3.63) is 53.6 Å². The molecule has 3 rings (SSSR count). The predicted octanol–water partition coefficient (Wildman–Crippen LogP) is 3.44. The minimum atomic E-state index is -0.159. The third-order valence-electron chi connectivity index (χ3n) is 3.12. The number of amides is 1. The van der Waals surface area contributed by atoms with Crippen LogP contribution in [-0.2, 0) is 4.79 Å². The Morgan fingerprint density at radius 2 is 2.08 bits per heavy atom. The van der Waals surface area contributed by atoms with Crippen molar-refractivity contribution in [3.63, 3.8) is 0 Å². The number of nitrogens with zero attached hydrogens (tertiary/aromatic N) is 2. The van der Waals surface area contributed by atoms with Crippen molar-refractivity contribution in [2.24, 2.45) is 0 Å². The Hall–Kier alpha value is -2.51. The highest BCUT2D eigenvalue weighted by atomic mass is 35.5. The number of nitrogens with two attached hydrogens (primary N) is 1. The average molecular weight is 360 g/mol. The van der Waals surface area contributed by atoms with E-state index in [2.05, 4.69) is 20.5 Å². The van der Waals surface area contributed by atoms with Crippen molar-refractivity contribution < 1.29 is 4.79 Å². The highest BCUT2D eigenvalue weighted by molar-refractivity contribution is 7.99. The number of hydrogen-bond donors (Lipinski definition) is 3. The minimum absolute atomic E-state index is 0.159. The summed E-state index contributed by atoms with van der Waals surface area (Å²) in [6, 6.07) is 14.4. The first kappa shape index (κ1) is 16.4. The van der Waals surface area contributed by atoms with Crippen LogP contribution in [0.5, 0.6) is 0 Å². The molecule has 3 aromatic rings. The van der Waals surface area contributed by atoms with Crippen molar-refractivity contribution in [2.45, 2.75) is 5.16 Å². The van der Waals surface area contributed by atoms with Gasteiger partial charge in [0.25, 0.3) is 0 Å². The van der Waals surface area contributed by atoms with E-state index in [1.165, 1.54) is 11.8 Å². The van der Waals surface area contributed by atoms with Crippen molar-refractivity contribution >= 4 is 40.6 Å². The number of halogens is 1. The molecule has 2 aromatic carbocycles. The molecule has 0 radical (unpaired) electrons. The number of aromatic amines is 1. The Labute approximate surface area is 147 Å². The lowest BCUT2D eigenvalue weighted by molar-refractivity contribution is -0.113. The molecule has 1 heterocycles. The molecule has 24 heavy (non-hydrogen) atoms. The van der Waals surface area contributed by atoms with Gasteiger partial charge in [0.2, 0.25) is 11.1 Å². The second kappa shape index (κ2) is 7.37. The van der Waals surface area contributed by atoms with E-state index in [1.807, 2.05) is 18.2 Å². The van der Waals surface area contributed by atoms with Crippen LogP contribution in [0.15, 0.2) is 53.7 Å². The van der Waals surface area contributed by atoms with Crippen LogP contribution in [0.3, 0.4) is 0 Å². The second-order valence-electron chi connectivity index (χ2n) is 4.90. The Morgan fingerprint density at radius 3 is 2.88 bits per heavy atom. The van der Waals surface area contributed by atoms with Gasteiger partial charge in [-0.1, -0.05) is 41.6 Å². The van der Waals surface area contributed by atoms with E-state index in [-0.39, 0.29) is 11.7 Å². The summed E-state index contributed by atoms with van der Waals surface area (Å²) in [5.41, 5.74) is 7.96. The smallest absolute Gasteiger partial charge is 0.234 e. The fourth-order valence-electron chi connectivity index (χ4n) is 2.04. The molecule has 6 nitrogen and oxygen atoms in total. The summed E-state index contributed by atoms with van der Waals surface area (Å²) in [6.07, 6.45) is 0. The molecule has 122 valence electrons. The van der Waals surface area contributed by atoms with Crippen LogP contribution in [-0.4, -0.2) is 26.8 Å². The molecule has 0 aliphatic carbocycles. The molecule has 0 aliphatic heterocycles. The van der Waals surface area contributed by atoms with Gasteiger partial charge in [0.1, 0.15) is 0 Å². The highest BCUT2D eigenvalue weighted by Crippen LogP contribution is 2.24. The maximum Gasteiger partial charge on any atom is 0.234 e. The van der Waals surface area contributed by atoms with Gasteiger partial charge in [0, 0.05) is 22.0 Å². The number of benzene rings is 2. The molecule has 0 atom stereocenters. The number of thioether (sulfide) groups is 1. The predicted molar refractivity (Wildman–Crippen MR) is 97.0 cm³/mol. The summed E-state index contributed by atoms with van der Waals surface area (Å²) < 4.78 is 0. The number of aromatic nitrogens is 3. The molecule has 4 N–H and O–H groups in total. The maximum atomic E-state index is 12.0. The van der Waals surface area contributed by atoms with Crippen LogP contribution >= 0.6 is 23.4 Å². The lowest BCUT2D eigenvalue weighted by Crippen LogP contribution is -2.14. The van der Waals surface area contributed by atoms with Crippen molar-refractivity contribution in [1.82, 2.24) is 15.2 Å². The van der Waals surface area contributed by atoms with Crippen LogP contribution in [0, 0.1) is 0 Å². The van der Waals surface area contributed by atoms with E-state index in [0.717, 1.165) is 5.56 Å². The molecule has 8 heteroatoms. The summed E-state index contributed by atoms with van der Waals surface area (Å²) >= 11 is 7.12. The van der Waals surface area contributed by atoms with Gasteiger partial charge in [-0.05, 0) is 30.3 Å². The van der Waals surface area contributed by atoms with E-state index >= 15 is 0 Å². The van der Waals surface area contributed by atoms with Gasteiger partial charge in [-0.15, -0.1) is 5.10 Å². The Bertz CT molecular complexity index is 867.